The highest BCUT2D eigenvalue weighted by atomic mass is 32.2. The Labute approximate surface area is 105 Å². The van der Waals surface area contributed by atoms with E-state index in [1.807, 2.05) is 0 Å². The fourth-order valence-electron chi connectivity index (χ4n) is 1.25. The summed E-state index contributed by atoms with van der Waals surface area (Å²) in [5.41, 5.74) is 5.36. The van der Waals surface area contributed by atoms with E-state index in [2.05, 4.69) is 4.72 Å². The van der Waals surface area contributed by atoms with Gasteiger partial charge in [-0.3, -0.25) is 10.1 Å². The van der Waals surface area contributed by atoms with E-state index in [1.165, 1.54) is 12.1 Å². The van der Waals surface area contributed by atoms with Crippen molar-refractivity contribution in [2.24, 2.45) is 5.73 Å². The lowest BCUT2D eigenvalue weighted by Gasteiger charge is -2.08. The van der Waals surface area contributed by atoms with Gasteiger partial charge in [0, 0.05) is 24.7 Å². The van der Waals surface area contributed by atoms with Crippen molar-refractivity contribution < 1.29 is 13.3 Å². The molecule has 1 aromatic rings. The van der Waals surface area contributed by atoms with Crippen LogP contribution >= 0.6 is 0 Å². The molecular formula is C10H15N3O4S. The van der Waals surface area contributed by atoms with Gasteiger partial charge in [0.05, 0.1) is 9.82 Å². The van der Waals surface area contributed by atoms with Crippen molar-refractivity contribution in [1.82, 2.24) is 4.72 Å². The van der Waals surface area contributed by atoms with Crippen LogP contribution in [-0.2, 0) is 10.0 Å². The van der Waals surface area contributed by atoms with Crippen LogP contribution in [0.2, 0.25) is 0 Å². The van der Waals surface area contributed by atoms with Crippen molar-refractivity contribution in [3.63, 3.8) is 0 Å². The van der Waals surface area contributed by atoms with E-state index in [9.17, 15) is 18.5 Å². The first-order chi connectivity index (χ1) is 8.33. The number of non-ortho nitro benzene ring substituents is 1. The molecule has 0 aliphatic rings. The summed E-state index contributed by atoms with van der Waals surface area (Å²) in [7, 11) is -3.63. The Morgan fingerprint density at radius 2 is 1.94 bits per heavy atom. The molecule has 1 rings (SSSR count). The van der Waals surface area contributed by atoms with Crippen molar-refractivity contribution in [3.05, 3.63) is 34.4 Å². The van der Waals surface area contributed by atoms with E-state index in [1.54, 1.807) is 6.92 Å². The summed E-state index contributed by atoms with van der Waals surface area (Å²) in [4.78, 5) is 9.85. The van der Waals surface area contributed by atoms with Gasteiger partial charge in [0.1, 0.15) is 0 Å². The minimum absolute atomic E-state index is 0.00206. The molecule has 0 aliphatic heterocycles. The molecule has 0 aliphatic carbocycles. The monoisotopic (exact) mass is 273 g/mol. The summed E-state index contributed by atoms with van der Waals surface area (Å²) in [5.74, 6) is 0. The fraction of sp³-hybridized carbons (Fsp3) is 0.400. The molecule has 1 aromatic carbocycles. The van der Waals surface area contributed by atoms with Crippen molar-refractivity contribution in [2.45, 2.75) is 24.3 Å². The lowest BCUT2D eigenvalue weighted by atomic mass is 10.3. The molecule has 0 spiro atoms. The molecule has 0 radical (unpaired) electrons. The second-order valence-electron chi connectivity index (χ2n) is 3.91. The SMILES string of the molecule is CC(N)CCNS(=O)(=O)c1ccc([N+](=O)[O-])cc1. The molecule has 0 bridgehead atoms. The van der Waals surface area contributed by atoms with Gasteiger partial charge < -0.3 is 5.73 Å². The van der Waals surface area contributed by atoms with Gasteiger partial charge >= 0.3 is 0 Å². The van der Waals surface area contributed by atoms with Gasteiger partial charge in [-0.2, -0.15) is 0 Å². The van der Waals surface area contributed by atoms with Gasteiger partial charge in [-0.05, 0) is 25.5 Å². The summed E-state index contributed by atoms with van der Waals surface area (Å²) in [6, 6.07) is 4.61. The Kier molecular flexibility index (Phi) is 4.76. The number of hydrogen-bond acceptors (Lipinski definition) is 5. The van der Waals surface area contributed by atoms with Crippen LogP contribution < -0.4 is 10.5 Å². The first kappa shape index (κ1) is 14.6. The molecule has 0 saturated carbocycles. The largest absolute Gasteiger partial charge is 0.328 e. The molecular weight excluding hydrogens is 258 g/mol. The molecule has 0 amide bonds. The minimum Gasteiger partial charge on any atom is -0.328 e. The highest BCUT2D eigenvalue weighted by Crippen LogP contribution is 2.15. The van der Waals surface area contributed by atoms with E-state index in [0.717, 1.165) is 12.1 Å². The normalized spacial score (nSPS) is 13.2. The zero-order valence-corrected chi connectivity index (χ0v) is 10.7. The number of nitro benzene ring substituents is 1. The Morgan fingerprint density at radius 1 is 1.39 bits per heavy atom. The predicted molar refractivity (Wildman–Crippen MR) is 66.6 cm³/mol. The lowest BCUT2D eigenvalue weighted by molar-refractivity contribution is -0.384. The van der Waals surface area contributed by atoms with Crippen LogP contribution in [0.1, 0.15) is 13.3 Å². The van der Waals surface area contributed by atoms with Gasteiger partial charge in [0.2, 0.25) is 10.0 Å². The number of rotatable bonds is 6. The average Bonchev–Trinajstić information content (AvgIpc) is 2.28. The van der Waals surface area contributed by atoms with Crippen LogP contribution in [0.5, 0.6) is 0 Å². The number of sulfonamides is 1. The highest BCUT2D eigenvalue weighted by Gasteiger charge is 2.15. The third-order valence-electron chi connectivity index (χ3n) is 2.25. The van der Waals surface area contributed by atoms with E-state index >= 15 is 0 Å². The molecule has 0 fully saturated rings. The molecule has 0 heterocycles. The summed E-state index contributed by atoms with van der Waals surface area (Å²) >= 11 is 0. The Bertz CT molecular complexity index is 510. The molecule has 100 valence electrons. The first-order valence-corrected chi connectivity index (χ1v) is 6.81. The molecule has 7 nitrogen and oxygen atoms in total. The standard InChI is InChI=1S/C10H15N3O4S/c1-8(11)6-7-12-18(16,17)10-4-2-9(3-5-10)13(14)15/h2-5,8,12H,6-7,11H2,1H3. The van der Waals surface area contributed by atoms with Crippen LogP contribution in [-0.4, -0.2) is 25.9 Å². The molecule has 8 heteroatoms. The number of hydrogen-bond donors (Lipinski definition) is 2. The zero-order chi connectivity index (χ0) is 13.8. The van der Waals surface area contributed by atoms with Gasteiger partial charge in [-0.1, -0.05) is 0 Å². The Morgan fingerprint density at radius 3 is 2.39 bits per heavy atom. The first-order valence-electron chi connectivity index (χ1n) is 5.32. The van der Waals surface area contributed by atoms with Crippen LogP contribution in [0.3, 0.4) is 0 Å². The van der Waals surface area contributed by atoms with Crippen LogP contribution in [0, 0.1) is 10.1 Å². The van der Waals surface area contributed by atoms with E-state index < -0.39 is 14.9 Å². The highest BCUT2D eigenvalue weighted by molar-refractivity contribution is 7.89. The summed E-state index contributed by atoms with van der Waals surface area (Å²) < 4.78 is 25.9. The molecule has 1 atom stereocenters. The molecule has 1 unspecified atom stereocenters. The zero-order valence-electron chi connectivity index (χ0n) is 9.87. The maximum Gasteiger partial charge on any atom is 0.269 e. The van der Waals surface area contributed by atoms with Gasteiger partial charge in [-0.15, -0.1) is 0 Å². The average molecular weight is 273 g/mol. The van der Waals surface area contributed by atoms with Crippen molar-refractivity contribution >= 4 is 15.7 Å². The van der Waals surface area contributed by atoms with Gasteiger partial charge in [-0.25, -0.2) is 13.1 Å². The number of nitrogens with zero attached hydrogens (tertiary/aromatic N) is 1. The second kappa shape index (κ2) is 5.89. The smallest absolute Gasteiger partial charge is 0.269 e. The predicted octanol–water partition coefficient (Wildman–Crippen LogP) is 0.610. The maximum atomic E-state index is 11.8. The van der Waals surface area contributed by atoms with Gasteiger partial charge in [0.25, 0.3) is 5.69 Å². The Hall–Kier alpha value is -1.51. The summed E-state index contributed by atoms with van der Waals surface area (Å²) in [5, 5.41) is 10.4. The van der Waals surface area contributed by atoms with Crippen LogP contribution in [0.15, 0.2) is 29.2 Å². The summed E-state index contributed by atoms with van der Waals surface area (Å²) in [6.45, 7) is 2.01. The molecule has 0 saturated heterocycles. The van der Waals surface area contributed by atoms with Crippen molar-refractivity contribution in [2.75, 3.05) is 6.54 Å². The number of benzene rings is 1. The topological polar surface area (TPSA) is 115 Å². The van der Waals surface area contributed by atoms with Gasteiger partial charge in [0.15, 0.2) is 0 Å². The second-order valence-corrected chi connectivity index (χ2v) is 5.68. The van der Waals surface area contributed by atoms with E-state index in [4.69, 9.17) is 5.73 Å². The lowest BCUT2D eigenvalue weighted by Crippen LogP contribution is -2.29. The molecule has 3 N–H and O–H groups in total. The van der Waals surface area contributed by atoms with Crippen molar-refractivity contribution in [1.29, 1.82) is 0 Å². The number of nitrogens with one attached hydrogen (secondary N) is 1. The minimum atomic E-state index is -3.63. The van der Waals surface area contributed by atoms with E-state index in [-0.39, 0.29) is 23.2 Å². The Balaban J connectivity index is 2.76. The maximum absolute atomic E-state index is 11.8. The number of nitrogens with two attached hydrogens (primary N) is 1. The quantitative estimate of drug-likeness (QED) is 0.582. The third kappa shape index (κ3) is 4.06. The molecule has 18 heavy (non-hydrogen) atoms. The molecule has 0 aromatic heterocycles. The van der Waals surface area contributed by atoms with Crippen LogP contribution in [0.25, 0.3) is 0 Å². The number of nitro groups is 1. The third-order valence-corrected chi connectivity index (χ3v) is 3.73. The summed E-state index contributed by atoms with van der Waals surface area (Å²) in [6.07, 6.45) is 0.520. The van der Waals surface area contributed by atoms with E-state index in [0.29, 0.717) is 6.42 Å². The van der Waals surface area contributed by atoms with Crippen molar-refractivity contribution in [3.8, 4) is 0 Å². The van der Waals surface area contributed by atoms with Crippen LogP contribution in [0.4, 0.5) is 5.69 Å². The fourth-order valence-corrected chi connectivity index (χ4v) is 2.30.